The molecule has 0 radical (unpaired) electrons. The molecular weight excluding hydrogens is 614 g/mol. The summed E-state index contributed by atoms with van der Waals surface area (Å²) in [6.07, 6.45) is -4.63. The van der Waals surface area contributed by atoms with Crippen LogP contribution < -0.4 is 9.62 Å². The van der Waals surface area contributed by atoms with Crippen molar-refractivity contribution in [2.75, 3.05) is 10.8 Å². The van der Waals surface area contributed by atoms with Gasteiger partial charge in [0, 0.05) is 28.2 Å². The highest BCUT2D eigenvalue weighted by atomic mass is 35.5. The van der Waals surface area contributed by atoms with Crippen molar-refractivity contribution in [2.45, 2.75) is 56.9 Å². The Morgan fingerprint density at radius 3 is 2.07 bits per heavy atom. The van der Waals surface area contributed by atoms with Crippen LogP contribution in [-0.2, 0) is 32.3 Å². The average Bonchev–Trinajstić information content (AvgIpc) is 2.92. The molecule has 0 heterocycles. The summed E-state index contributed by atoms with van der Waals surface area (Å²) in [4.78, 5) is 28.1. The molecule has 1 N–H and O–H groups in total. The van der Waals surface area contributed by atoms with E-state index in [1.807, 2.05) is 0 Å². The Morgan fingerprint density at radius 1 is 0.929 bits per heavy atom. The molecule has 2 amide bonds. The van der Waals surface area contributed by atoms with E-state index in [1.165, 1.54) is 30.3 Å². The van der Waals surface area contributed by atoms with Gasteiger partial charge in [0.2, 0.25) is 11.8 Å². The van der Waals surface area contributed by atoms with E-state index in [4.69, 9.17) is 23.2 Å². The summed E-state index contributed by atoms with van der Waals surface area (Å²) in [7, 11) is -4.54. The third-order valence-corrected chi connectivity index (χ3v) is 8.77. The number of anilines is 1. The molecule has 1 atom stereocenters. The number of halogens is 5. The summed E-state index contributed by atoms with van der Waals surface area (Å²) in [5, 5.41) is 3.18. The number of alkyl halides is 3. The maximum absolute atomic E-state index is 14.0. The maximum atomic E-state index is 14.0. The first-order chi connectivity index (χ1) is 19.7. The van der Waals surface area contributed by atoms with Crippen molar-refractivity contribution in [1.29, 1.82) is 0 Å². The third-order valence-electron chi connectivity index (χ3n) is 6.28. The lowest BCUT2D eigenvalue weighted by molar-refractivity contribution is -0.140. The van der Waals surface area contributed by atoms with Crippen LogP contribution in [0, 0.1) is 0 Å². The minimum absolute atomic E-state index is 0.140. The van der Waals surface area contributed by atoms with Crippen LogP contribution >= 0.6 is 23.2 Å². The van der Waals surface area contributed by atoms with Crippen LogP contribution in [0.3, 0.4) is 0 Å². The lowest BCUT2D eigenvalue weighted by Crippen LogP contribution is -2.53. The van der Waals surface area contributed by atoms with Gasteiger partial charge in [0.05, 0.1) is 16.1 Å². The summed E-state index contributed by atoms with van der Waals surface area (Å²) < 4.78 is 69.0. The Balaban J connectivity index is 2.15. The van der Waals surface area contributed by atoms with Gasteiger partial charge in [-0.05, 0) is 62.7 Å². The van der Waals surface area contributed by atoms with Gasteiger partial charge >= 0.3 is 6.18 Å². The minimum Gasteiger partial charge on any atom is -0.352 e. The van der Waals surface area contributed by atoms with Crippen LogP contribution in [0.25, 0.3) is 0 Å². The Bertz CT molecular complexity index is 1500. The Labute approximate surface area is 253 Å². The number of sulfonamides is 1. The van der Waals surface area contributed by atoms with Crippen molar-refractivity contribution < 1.29 is 31.2 Å². The van der Waals surface area contributed by atoms with Gasteiger partial charge in [0.1, 0.15) is 12.6 Å². The number of amides is 2. The highest BCUT2D eigenvalue weighted by Gasteiger charge is 2.36. The smallest absolute Gasteiger partial charge is 0.352 e. The largest absolute Gasteiger partial charge is 0.416 e. The van der Waals surface area contributed by atoms with Gasteiger partial charge in [-0.2, -0.15) is 13.2 Å². The highest BCUT2D eigenvalue weighted by molar-refractivity contribution is 7.92. The molecule has 1 unspecified atom stereocenters. The molecule has 7 nitrogen and oxygen atoms in total. The average molecular weight is 645 g/mol. The summed E-state index contributed by atoms with van der Waals surface area (Å²) >= 11 is 12.7. The second kappa shape index (κ2) is 13.8. The summed E-state index contributed by atoms with van der Waals surface area (Å²) in [5.41, 5.74) is -1.15. The van der Waals surface area contributed by atoms with Crippen LogP contribution in [0.5, 0.6) is 0 Å². The quantitative estimate of drug-likeness (QED) is 0.257. The molecule has 0 aliphatic carbocycles. The molecule has 0 aromatic heterocycles. The van der Waals surface area contributed by atoms with Crippen LogP contribution in [0.15, 0.2) is 77.7 Å². The zero-order valence-corrected chi connectivity index (χ0v) is 25.4. The Hall–Kier alpha value is -3.28. The highest BCUT2D eigenvalue weighted by Crippen LogP contribution is 2.34. The maximum Gasteiger partial charge on any atom is 0.416 e. The molecule has 13 heteroatoms. The van der Waals surface area contributed by atoms with Crippen LogP contribution in [0.1, 0.15) is 38.3 Å². The van der Waals surface area contributed by atoms with Crippen LogP contribution in [0.4, 0.5) is 18.9 Å². The molecule has 0 saturated carbocycles. The van der Waals surface area contributed by atoms with Gasteiger partial charge in [-0.3, -0.25) is 13.9 Å². The number of benzene rings is 3. The van der Waals surface area contributed by atoms with Crippen molar-refractivity contribution in [3.05, 3.63) is 94.0 Å². The van der Waals surface area contributed by atoms with Gasteiger partial charge in [0.15, 0.2) is 0 Å². The molecule has 3 aromatic carbocycles. The van der Waals surface area contributed by atoms with Crippen molar-refractivity contribution in [2.24, 2.45) is 0 Å². The van der Waals surface area contributed by atoms with Crippen LogP contribution in [-0.4, -0.2) is 43.8 Å². The predicted molar refractivity (Wildman–Crippen MR) is 157 cm³/mol. The number of rotatable bonds is 11. The zero-order valence-electron chi connectivity index (χ0n) is 23.0. The molecule has 0 aliphatic heterocycles. The van der Waals surface area contributed by atoms with Gasteiger partial charge < -0.3 is 10.2 Å². The summed E-state index contributed by atoms with van der Waals surface area (Å²) in [6.45, 7) is 3.98. The number of nitrogens with zero attached hydrogens (tertiary/aromatic N) is 2. The second-order valence-corrected chi connectivity index (χ2v) is 12.4. The number of nitrogens with one attached hydrogen (secondary N) is 1. The topological polar surface area (TPSA) is 86.8 Å². The van der Waals surface area contributed by atoms with Gasteiger partial charge in [-0.25, -0.2) is 8.42 Å². The fourth-order valence-electron chi connectivity index (χ4n) is 4.24. The summed E-state index contributed by atoms with van der Waals surface area (Å²) in [6, 6.07) is 14.1. The van der Waals surface area contributed by atoms with E-state index >= 15 is 0 Å². The molecule has 0 fully saturated rings. The molecule has 0 bridgehead atoms. The number of carbonyl (C=O) groups excluding carboxylic acids is 2. The predicted octanol–water partition coefficient (Wildman–Crippen LogP) is 6.54. The molecule has 42 heavy (non-hydrogen) atoms. The molecule has 3 aromatic rings. The molecule has 0 spiro atoms. The van der Waals surface area contributed by atoms with E-state index in [9.17, 15) is 31.2 Å². The van der Waals surface area contributed by atoms with Crippen molar-refractivity contribution in [3.63, 3.8) is 0 Å². The summed E-state index contributed by atoms with van der Waals surface area (Å²) in [5.74, 6) is -1.35. The molecule has 0 saturated heterocycles. The third kappa shape index (κ3) is 7.96. The molecular formula is C29H30Cl2F3N3O4S. The van der Waals surface area contributed by atoms with Gasteiger partial charge in [0.25, 0.3) is 10.0 Å². The van der Waals surface area contributed by atoms with E-state index in [2.05, 4.69) is 5.32 Å². The lowest BCUT2D eigenvalue weighted by Gasteiger charge is -2.34. The van der Waals surface area contributed by atoms with Gasteiger partial charge in [-0.1, -0.05) is 60.5 Å². The molecule has 226 valence electrons. The standard InChI is InChI=1S/C29H30Cl2F3N3O4S/c1-4-26(28(39)35-19(2)3)36(17-23-24(30)14-9-15-25(23)31)27(38)18-37(42(40,41)22-12-6-5-7-13-22)21-11-8-10-20(16-21)29(32,33)34/h5-16,19,26H,4,17-18H2,1-3H3,(H,35,39). The first-order valence-corrected chi connectivity index (χ1v) is 15.1. The fraction of sp³-hybridized carbons (Fsp3) is 0.310. The van der Waals surface area contributed by atoms with E-state index < -0.39 is 46.2 Å². The van der Waals surface area contributed by atoms with Crippen molar-refractivity contribution in [3.8, 4) is 0 Å². The van der Waals surface area contributed by atoms with E-state index in [0.717, 1.165) is 17.0 Å². The first-order valence-electron chi connectivity index (χ1n) is 12.9. The minimum atomic E-state index is -4.77. The molecule has 0 aliphatic rings. The first kappa shape index (κ1) is 33.2. The number of hydrogen-bond acceptors (Lipinski definition) is 4. The fourth-order valence-corrected chi connectivity index (χ4v) is 6.18. The number of carbonyl (C=O) groups is 2. The second-order valence-electron chi connectivity index (χ2n) is 9.68. The van der Waals surface area contributed by atoms with E-state index in [0.29, 0.717) is 15.9 Å². The van der Waals surface area contributed by atoms with Crippen molar-refractivity contribution >= 4 is 50.7 Å². The lowest BCUT2D eigenvalue weighted by atomic mass is 10.1. The molecule has 3 rings (SSSR count). The number of hydrogen-bond donors (Lipinski definition) is 1. The Kier molecular flexibility index (Phi) is 10.9. The SMILES string of the molecule is CCC(C(=O)NC(C)C)N(Cc1c(Cl)cccc1Cl)C(=O)CN(c1cccc(C(F)(F)F)c1)S(=O)(=O)c1ccccc1. The zero-order chi connectivity index (χ0) is 31.2. The van der Waals surface area contributed by atoms with Crippen LogP contribution in [0.2, 0.25) is 10.0 Å². The Morgan fingerprint density at radius 2 is 1.52 bits per heavy atom. The van der Waals surface area contributed by atoms with Gasteiger partial charge in [-0.15, -0.1) is 0 Å². The van der Waals surface area contributed by atoms with E-state index in [-0.39, 0.29) is 39.6 Å². The monoisotopic (exact) mass is 643 g/mol. The van der Waals surface area contributed by atoms with Crippen molar-refractivity contribution in [1.82, 2.24) is 10.2 Å². The normalized spacial score (nSPS) is 12.6. The van der Waals surface area contributed by atoms with E-state index in [1.54, 1.807) is 45.0 Å².